The molecule has 0 saturated heterocycles. The normalized spacial score (nSPS) is 10.1. The van der Waals surface area contributed by atoms with Gasteiger partial charge in [-0.1, -0.05) is 34.1 Å². The highest BCUT2D eigenvalue weighted by Gasteiger charge is 2.19. The highest BCUT2D eigenvalue weighted by molar-refractivity contribution is 9.10. The number of halogens is 1. The minimum Gasteiger partial charge on any atom is -0.492 e. The minimum atomic E-state index is -0.283. The lowest BCUT2D eigenvalue weighted by Gasteiger charge is -2.23. The Hall–Kier alpha value is -2.34. The molecule has 24 heavy (non-hydrogen) atoms. The summed E-state index contributed by atoms with van der Waals surface area (Å²) >= 11 is 3.36. The number of carbonyl (C=O) groups is 2. The van der Waals surface area contributed by atoms with Crippen molar-refractivity contribution in [3.63, 3.8) is 0 Å². The van der Waals surface area contributed by atoms with Crippen LogP contribution in [-0.2, 0) is 9.59 Å². The standard InChI is InChI=1S/C18H19BrN2O3/c1-3-24-17-10-5-4-9-16(17)21(13(2)22)12-18(23)20-15-8-6-7-14(19)11-15/h4-11H,3,12H2,1-2H3,(H,20,23). The fourth-order valence-corrected chi connectivity index (χ4v) is 2.63. The predicted octanol–water partition coefficient (Wildman–Crippen LogP) is 3.84. The summed E-state index contributed by atoms with van der Waals surface area (Å²) in [4.78, 5) is 25.7. The second-order valence-corrected chi connectivity index (χ2v) is 5.98. The molecule has 0 radical (unpaired) electrons. The van der Waals surface area contributed by atoms with Crippen molar-refractivity contribution in [3.8, 4) is 5.75 Å². The first kappa shape index (κ1) is 18.0. The van der Waals surface area contributed by atoms with E-state index in [0.29, 0.717) is 23.7 Å². The number of hydrogen-bond acceptors (Lipinski definition) is 3. The van der Waals surface area contributed by atoms with Gasteiger partial charge in [0.2, 0.25) is 11.8 Å². The first-order chi connectivity index (χ1) is 11.5. The van der Waals surface area contributed by atoms with E-state index in [-0.39, 0.29) is 18.4 Å². The number of benzene rings is 2. The molecule has 0 fully saturated rings. The van der Waals surface area contributed by atoms with Crippen molar-refractivity contribution in [2.24, 2.45) is 0 Å². The highest BCUT2D eigenvalue weighted by Crippen LogP contribution is 2.28. The molecule has 0 bridgehead atoms. The largest absolute Gasteiger partial charge is 0.492 e. The fourth-order valence-electron chi connectivity index (χ4n) is 2.23. The van der Waals surface area contributed by atoms with Crippen LogP contribution in [0, 0.1) is 0 Å². The van der Waals surface area contributed by atoms with Gasteiger partial charge in [0.1, 0.15) is 12.3 Å². The topological polar surface area (TPSA) is 58.6 Å². The molecule has 2 rings (SSSR count). The Labute approximate surface area is 149 Å². The number of nitrogens with one attached hydrogen (secondary N) is 1. The number of nitrogens with zero attached hydrogens (tertiary/aromatic N) is 1. The molecule has 2 amide bonds. The average Bonchev–Trinajstić information content (AvgIpc) is 2.53. The van der Waals surface area contributed by atoms with Crippen LogP contribution < -0.4 is 15.0 Å². The quantitative estimate of drug-likeness (QED) is 0.814. The van der Waals surface area contributed by atoms with Crippen molar-refractivity contribution >= 4 is 39.1 Å². The first-order valence-electron chi connectivity index (χ1n) is 7.56. The van der Waals surface area contributed by atoms with Gasteiger partial charge in [0, 0.05) is 17.1 Å². The summed E-state index contributed by atoms with van der Waals surface area (Å²) in [6.45, 7) is 3.68. The lowest BCUT2D eigenvalue weighted by Crippen LogP contribution is -2.37. The van der Waals surface area contributed by atoms with E-state index in [1.807, 2.05) is 25.1 Å². The molecule has 5 nitrogen and oxygen atoms in total. The van der Waals surface area contributed by atoms with E-state index in [4.69, 9.17) is 4.74 Å². The smallest absolute Gasteiger partial charge is 0.244 e. The second-order valence-electron chi connectivity index (χ2n) is 5.06. The van der Waals surface area contributed by atoms with E-state index < -0.39 is 0 Å². The Morgan fingerprint density at radius 3 is 2.58 bits per heavy atom. The van der Waals surface area contributed by atoms with Crippen LogP contribution in [0.25, 0.3) is 0 Å². The Bertz CT molecular complexity index is 734. The van der Waals surface area contributed by atoms with Crippen LogP contribution in [0.3, 0.4) is 0 Å². The monoisotopic (exact) mass is 390 g/mol. The Kier molecular flexibility index (Phi) is 6.37. The molecule has 0 aliphatic rings. The van der Waals surface area contributed by atoms with E-state index in [1.54, 1.807) is 30.3 Å². The first-order valence-corrected chi connectivity index (χ1v) is 8.36. The maximum atomic E-state index is 12.3. The lowest BCUT2D eigenvalue weighted by molar-refractivity contribution is -0.120. The molecule has 0 aliphatic carbocycles. The fraction of sp³-hybridized carbons (Fsp3) is 0.222. The molecule has 0 heterocycles. The van der Waals surface area contributed by atoms with E-state index in [2.05, 4.69) is 21.2 Å². The molecule has 6 heteroatoms. The van der Waals surface area contributed by atoms with Gasteiger partial charge in [0.15, 0.2) is 0 Å². The van der Waals surface area contributed by atoms with Crippen LogP contribution in [0.1, 0.15) is 13.8 Å². The van der Waals surface area contributed by atoms with E-state index in [0.717, 1.165) is 4.47 Å². The summed E-state index contributed by atoms with van der Waals surface area (Å²) in [6, 6.07) is 14.5. The van der Waals surface area contributed by atoms with Crippen molar-refractivity contribution in [2.75, 3.05) is 23.4 Å². The van der Waals surface area contributed by atoms with Crippen LogP contribution in [0.5, 0.6) is 5.75 Å². The van der Waals surface area contributed by atoms with Gasteiger partial charge >= 0.3 is 0 Å². The molecule has 2 aromatic rings. The summed E-state index contributed by atoms with van der Waals surface area (Å²) in [5.41, 5.74) is 1.24. The Balaban J connectivity index is 2.17. The molecule has 2 aromatic carbocycles. The van der Waals surface area contributed by atoms with Crippen LogP contribution >= 0.6 is 15.9 Å². The van der Waals surface area contributed by atoms with Gasteiger partial charge in [-0.15, -0.1) is 0 Å². The van der Waals surface area contributed by atoms with Crippen molar-refractivity contribution in [1.29, 1.82) is 0 Å². The number of carbonyl (C=O) groups excluding carboxylic acids is 2. The Morgan fingerprint density at radius 2 is 1.92 bits per heavy atom. The van der Waals surface area contributed by atoms with Crippen molar-refractivity contribution in [3.05, 3.63) is 53.0 Å². The van der Waals surface area contributed by atoms with Crippen LogP contribution in [0.15, 0.2) is 53.0 Å². The van der Waals surface area contributed by atoms with Gasteiger partial charge in [-0.3, -0.25) is 14.5 Å². The molecule has 0 unspecified atom stereocenters. The van der Waals surface area contributed by atoms with Crippen LogP contribution in [0.4, 0.5) is 11.4 Å². The summed E-state index contributed by atoms with van der Waals surface area (Å²) in [5.74, 6) is 0.0617. The third kappa shape index (κ3) is 4.83. The molecule has 0 spiro atoms. The van der Waals surface area contributed by atoms with Gasteiger partial charge in [0.25, 0.3) is 0 Å². The van der Waals surface area contributed by atoms with Crippen molar-refractivity contribution < 1.29 is 14.3 Å². The third-order valence-corrected chi connectivity index (χ3v) is 3.74. The summed E-state index contributed by atoms with van der Waals surface area (Å²) in [7, 11) is 0. The van der Waals surface area contributed by atoms with E-state index in [1.165, 1.54) is 11.8 Å². The number of anilines is 2. The molecule has 0 saturated carbocycles. The van der Waals surface area contributed by atoms with Gasteiger partial charge in [0.05, 0.1) is 12.3 Å². The molecule has 0 aromatic heterocycles. The van der Waals surface area contributed by atoms with Crippen molar-refractivity contribution in [1.82, 2.24) is 0 Å². The van der Waals surface area contributed by atoms with Crippen molar-refractivity contribution in [2.45, 2.75) is 13.8 Å². The predicted molar refractivity (Wildman–Crippen MR) is 98.4 cm³/mol. The molecule has 0 atom stereocenters. The third-order valence-electron chi connectivity index (χ3n) is 3.25. The van der Waals surface area contributed by atoms with Crippen LogP contribution in [0.2, 0.25) is 0 Å². The van der Waals surface area contributed by atoms with E-state index >= 15 is 0 Å². The zero-order valence-electron chi connectivity index (χ0n) is 13.6. The maximum absolute atomic E-state index is 12.3. The molecule has 126 valence electrons. The minimum absolute atomic E-state index is 0.0913. The number of para-hydroxylation sites is 2. The second kappa shape index (κ2) is 8.49. The van der Waals surface area contributed by atoms with Gasteiger partial charge in [-0.05, 0) is 37.3 Å². The zero-order valence-corrected chi connectivity index (χ0v) is 15.2. The number of rotatable bonds is 6. The summed E-state index contributed by atoms with van der Waals surface area (Å²) < 4.78 is 6.42. The number of amides is 2. The highest BCUT2D eigenvalue weighted by atomic mass is 79.9. The van der Waals surface area contributed by atoms with Crippen LogP contribution in [-0.4, -0.2) is 25.0 Å². The van der Waals surface area contributed by atoms with Gasteiger partial charge in [-0.25, -0.2) is 0 Å². The molecular formula is C18H19BrN2O3. The average molecular weight is 391 g/mol. The van der Waals surface area contributed by atoms with E-state index in [9.17, 15) is 9.59 Å². The number of hydrogen-bond donors (Lipinski definition) is 1. The Morgan fingerprint density at radius 1 is 1.17 bits per heavy atom. The molecule has 1 N–H and O–H groups in total. The number of ether oxygens (including phenoxy) is 1. The maximum Gasteiger partial charge on any atom is 0.244 e. The summed E-state index contributed by atoms with van der Waals surface area (Å²) in [6.07, 6.45) is 0. The van der Waals surface area contributed by atoms with Gasteiger partial charge < -0.3 is 10.1 Å². The molecule has 0 aliphatic heterocycles. The zero-order chi connectivity index (χ0) is 17.5. The summed E-state index contributed by atoms with van der Waals surface area (Å²) in [5, 5.41) is 2.79. The SMILES string of the molecule is CCOc1ccccc1N(CC(=O)Nc1cccc(Br)c1)C(C)=O. The molecular weight excluding hydrogens is 372 g/mol. The lowest BCUT2D eigenvalue weighted by atomic mass is 10.2. The van der Waals surface area contributed by atoms with Gasteiger partial charge in [-0.2, -0.15) is 0 Å².